The van der Waals surface area contributed by atoms with E-state index in [9.17, 15) is 21.6 Å². The van der Waals surface area contributed by atoms with Gasteiger partial charge in [0, 0.05) is 32.4 Å². The summed E-state index contributed by atoms with van der Waals surface area (Å²) in [6.07, 6.45) is 3.60. The van der Waals surface area contributed by atoms with Gasteiger partial charge in [0.15, 0.2) is 0 Å². The van der Waals surface area contributed by atoms with Crippen LogP contribution >= 0.6 is 0 Å². The van der Waals surface area contributed by atoms with Crippen LogP contribution in [0.1, 0.15) is 18.9 Å². The van der Waals surface area contributed by atoms with Gasteiger partial charge in [-0.2, -0.15) is 0 Å². The molecule has 0 aliphatic carbocycles. The minimum Gasteiger partial charge on any atom is -0.492 e. The molecule has 1 aromatic carbocycles. The molecule has 1 fully saturated rings. The maximum atomic E-state index is 13.2. The van der Waals surface area contributed by atoms with Crippen LogP contribution in [0.15, 0.2) is 47.6 Å². The molecule has 1 aliphatic heterocycles. The highest BCUT2D eigenvalue weighted by atomic mass is 32.2. The molecule has 2 heterocycles. The van der Waals surface area contributed by atoms with Gasteiger partial charge in [0.1, 0.15) is 10.6 Å². The summed E-state index contributed by atoms with van der Waals surface area (Å²) in [4.78, 5) is 15.9. The van der Waals surface area contributed by atoms with Gasteiger partial charge in [0.2, 0.25) is 26.0 Å². The van der Waals surface area contributed by atoms with Crippen LogP contribution in [0.2, 0.25) is 0 Å². The normalized spacial score (nSPS) is 16.2. The monoisotopic (exact) mass is 453 g/mol. The van der Waals surface area contributed by atoms with Crippen molar-refractivity contribution < 1.29 is 26.4 Å². The van der Waals surface area contributed by atoms with Crippen molar-refractivity contribution in [3.05, 3.63) is 48.3 Å². The molecule has 30 heavy (non-hydrogen) atoms. The number of rotatable bonds is 8. The number of likely N-dealkylation sites (N-methyl/N-ethyl adjacent to an activating group) is 1. The lowest BCUT2D eigenvalue weighted by Gasteiger charge is -2.22. The highest BCUT2D eigenvalue weighted by Gasteiger charge is 2.37. The van der Waals surface area contributed by atoms with E-state index in [1.807, 2.05) is 0 Å². The Morgan fingerprint density at radius 1 is 1.20 bits per heavy atom. The molecule has 3 rings (SSSR count). The van der Waals surface area contributed by atoms with Crippen molar-refractivity contribution in [3.63, 3.8) is 0 Å². The summed E-state index contributed by atoms with van der Waals surface area (Å²) in [7, 11) is -6.38. The zero-order valence-corrected chi connectivity index (χ0v) is 18.3. The van der Waals surface area contributed by atoms with Crippen molar-refractivity contribution in [1.29, 1.82) is 0 Å². The summed E-state index contributed by atoms with van der Waals surface area (Å²) in [5, 5.41) is 0. The van der Waals surface area contributed by atoms with Crippen LogP contribution in [0.4, 0.5) is 5.69 Å². The van der Waals surface area contributed by atoms with Gasteiger partial charge in [0.25, 0.3) is 0 Å². The van der Waals surface area contributed by atoms with Crippen LogP contribution < -0.4 is 9.04 Å². The van der Waals surface area contributed by atoms with E-state index in [0.717, 1.165) is 5.56 Å². The molecule has 0 unspecified atom stereocenters. The Morgan fingerprint density at radius 2 is 1.90 bits per heavy atom. The van der Waals surface area contributed by atoms with E-state index in [-0.39, 0.29) is 41.7 Å². The van der Waals surface area contributed by atoms with E-state index in [4.69, 9.17) is 4.74 Å². The summed E-state index contributed by atoms with van der Waals surface area (Å²) in [5.74, 6) is -0.790. The fourth-order valence-electron chi connectivity index (χ4n) is 3.09. The third kappa shape index (κ3) is 4.47. The van der Waals surface area contributed by atoms with Crippen molar-refractivity contribution in [1.82, 2.24) is 9.29 Å². The first-order valence-corrected chi connectivity index (χ1v) is 12.4. The molecule has 9 nitrogen and oxygen atoms in total. The number of anilines is 1. The van der Waals surface area contributed by atoms with Gasteiger partial charge in [-0.3, -0.25) is 9.78 Å². The average Bonchev–Trinajstić information content (AvgIpc) is 2.99. The van der Waals surface area contributed by atoms with Crippen LogP contribution in [0, 0.1) is 0 Å². The van der Waals surface area contributed by atoms with Crippen molar-refractivity contribution in [2.75, 3.05) is 30.3 Å². The van der Waals surface area contributed by atoms with Crippen LogP contribution in [0.25, 0.3) is 0 Å². The third-order valence-corrected chi connectivity index (χ3v) is 8.26. The summed E-state index contributed by atoms with van der Waals surface area (Å²) in [6.45, 7) is 2.14. The number of benzene rings is 1. The molecule has 1 saturated heterocycles. The first-order valence-electron chi connectivity index (χ1n) is 9.34. The van der Waals surface area contributed by atoms with E-state index < -0.39 is 26.0 Å². The smallest absolute Gasteiger partial charge is 0.246 e. The molecule has 0 bridgehead atoms. The molecule has 11 heteroatoms. The number of hydrogen-bond donors (Lipinski definition) is 0. The summed E-state index contributed by atoms with van der Waals surface area (Å²) >= 11 is 0. The van der Waals surface area contributed by atoms with Gasteiger partial charge in [0.05, 0.1) is 18.0 Å². The topological polar surface area (TPSA) is 114 Å². The first kappa shape index (κ1) is 22.2. The Labute approximate surface area is 176 Å². The summed E-state index contributed by atoms with van der Waals surface area (Å²) in [6, 6.07) is 7.54. The molecule has 1 amide bonds. The van der Waals surface area contributed by atoms with Gasteiger partial charge in [-0.25, -0.2) is 25.4 Å². The lowest BCUT2D eigenvalue weighted by Crippen LogP contribution is -2.31. The van der Waals surface area contributed by atoms with E-state index >= 15 is 0 Å². The summed E-state index contributed by atoms with van der Waals surface area (Å²) in [5.41, 5.74) is 0.918. The number of aromatic nitrogens is 1. The molecule has 0 N–H and O–H groups in total. The standard InChI is InChI=1S/C19H23N3O6S2/c1-3-28-17-5-4-16(22-19(23)9-13-29(22,24)25)14-18(17)30(26,27)21(2)12-8-15-6-10-20-11-7-15/h4-7,10-11,14H,3,8-9,12-13H2,1-2H3. The van der Waals surface area contributed by atoms with Crippen molar-refractivity contribution >= 4 is 31.6 Å². The number of carbonyl (C=O) groups is 1. The maximum absolute atomic E-state index is 13.2. The minimum atomic E-state index is -4.01. The zero-order valence-electron chi connectivity index (χ0n) is 16.7. The van der Waals surface area contributed by atoms with Crippen molar-refractivity contribution in [2.24, 2.45) is 0 Å². The fraction of sp³-hybridized carbons (Fsp3) is 0.368. The highest BCUT2D eigenvalue weighted by molar-refractivity contribution is 7.94. The lowest BCUT2D eigenvalue weighted by atomic mass is 10.2. The Kier molecular flexibility index (Phi) is 6.44. The number of nitrogens with zero attached hydrogens (tertiary/aromatic N) is 3. The average molecular weight is 454 g/mol. The van der Waals surface area contributed by atoms with E-state index in [2.05, 4.69) is 4.98 Å². The van der Waals surface area contributed by atoms with Gasteiger partial charge in [-0.1, -0.05) is 0 Å². The maximum Gasteiger partial charge on any atom is 0.246 e. The van der Waals surface area contributed by atoms with Gasteiger partial charge in [-0.05, 0) is 49.2 Å². The predicted molar refractivity (Wildman–Crippen MR) is 111 cm³/mol. The number of pyridine rings is 1. The second-order valence-electron chi connectivity index (χ2n) is 6.72. The van der Waals surface area contributed by atoms with Gasteiger partial charge >= 0.3 is 0 Å². The predicted octanol–water partition coefficient (Wildman–Crippen LogP) is 1.41. The zero-order chi connectivity index (χ0) is 21.9. The van der Waals surface area contributed by atoms with Gasteiger partial charge < -0.3 is 4.74 Å². The van der Waals surface area contributed by atoms with Crippen molar-refractivity contribution in [3.8, 4) is 5.75 Å². The highest BCUT2D eigenvalue weighted by Crippen LogP contribution is 2.34. The Bertz CT molecular complexity index is 1130. The molecule has 0 spiro atoms. The first-order chi connectivity index (χ1) is 14.2. The van der Waals surface area contributed by atoms with Crippen LogP contribution in [-0.2, 0) is 31.3 Å². The molecular formula is C19H23N3O6S2. The number of sulfonamides is 2. The molecule has 0 radical (unpaired) electrons. The largest absolute Gasteiger partial charge is 0.492 e. The fourth-order valence-corrected chi connectivity index (χ4v) is 5.86. The summed E-state index contributed by atoms with van der Waals surface area (Å²) < 4.78 is 58.3. The molecule has 162 valence electrons. The Morgan fingerprint density at radius 3 is 2.50 bits per heavy atom. The number of hydrogen-bond acceptors (Lipinski definition) is 7. The molecule has 0 atom stereocenters. The number of amides is 1. The molecule has 2 aromatic rings. The Balaban J connectivity index is 1.96. The third-order valence-electron chi connectivity index (χ3n) is 4.69. The quantitative estimate of drug-likeness (QED) is 0.594. The van der Waals surface area contributed by atoms with E-state index in [1.165, 1.54) is 29.6 Å². The van der Waals surface area contributed by atoms with Gasteiger partial charge in [-0.15, -0.1) is 0 Å². The van der Waals surface area contributed by atoms with Crippen LogP contribution in [0.3, 0.4) is 0 Å². The molecular weight excluding hydrogens is 430 g/mol. The lowest BCUT2D eigenvalue weighted by molar-refractivity contribution is -0.116. The second kappa shape index (κ2) is 8.70. The SMILES string of the molecule is CCOc1ccc(N2C(=O)CCS2(=O)=O)cc1S(=O)(=O)N(C)CCc1ccncc1. The van der Waals surface area contributed by atoms with Crippen molar-refractivity contribution in [2.45, 2.75) is 24.7 Å². The van der Waals surface area contributed by atoms with Crippen LogP contribution in [-0.4, -0.2) is 58.0 Å². The Hall–Kier alpha value is -2.50. The van der Waals surface area contributed by atoms with E-state index in [1.54, 1.807) is 31.5 Å². The molecule has 0 saturated carbocycles. The molecule has 1 aromatic heterocycles. The second-order valence-corrected chi connectivity index (χ2v) is 10.7. The number of carbonyl (C=O) groups excluding carboxylic acids is 1. The van der Waals surface area contributed by atoms with Crippen LogP contribution in [0.5, 0.6) is 5.75 Å². The number of ether oxygens (including phenoxy) is 1. The minimum absolute atomic E-state index is 0.0120. The van der Waals surface area contributed by atoms with E-state index in [0.29, 0.717) is 10.7 Å². The molecule has 1 aliphatic rings.